The van der Waals surface area contributed by atoms with E-state index in [1.165, 1.54) is 0 Å². The molecule has 6 nitrogen and oxygen atoms in total. The molecule has 0 spiro atoms. The van der Waals surface area contributed by atoms with Crippen molar-refractivity contribution in [1.82, 2.24) is 9.97 Å². The van der Waals surface area contributed by atoms with Crippen LogP contribution < -0.4 is 20.9 Å². The molecule has 0 saturated heterocycles. The minimum Gasteiger partial charge on any atom is -0.486 e. The van der Waals surface area contributed by atoms with Gasteiger partial charge in [0.15, 0.2) is 11.5 Å². The summed E-state index contributed by atoms with van der Waals surface area (Å²) in [6.07, 6.45) is 0. The van der Waals surface area contributed by atoms with Crippen LogP contribution in [0.5, 0.6) is 11.5 Å². The normalized spacial score (nSPS) is 13.3. The Hall–Kier alpha value is -2.50. The van der Waals surface area contributed by atoms with Gasteiger partial charge in [0, 0.05) is 11.1 Å². The fourth-order valence-electron chi connectivity index (χ4n) is 2.02. The Morgan fingerprint density at radius 2 is 1.79 bits per heavy atom. The fourth-order valence-corrected chi connectivity index (χ4v) is 2.02. The predicted molar refractivity (Wildman–Crippen MR) is 72.0 cm³/mol. The molecule has 0 unspecified atom stereocenters. The van der Waals surface area contributed by atoms with Gasteiger partial charge in [0.25, 0.3) is 0 Å². The lowest BCUT2D eigenvalue weighted by molar-refractivity contribution is 0.171. The third kappa shape index (κ3) is 2.01. The summed E-state index contributed by atoms with van der Waals surface area (Å²) < 4.78 is 11.0. The van der Waals surface area contributed by atoms with Crippen LogP contribution in [-0.4, -0.2) is 23.2 Å². The topological polar surface area (TPSA) is 96.3 Å². The fraction of sp³-hybridized carbons (Fsp3) is 0.231. The number of rotatable bonds is 1. The first kappa shape index (κ1) is 11.6. The SMILES string of the molecule is Cc1c(N)nc(N)nc1-c1ccc2c(c1)OCCO2. The third-order valence-corrected chi connectivity index (χ3v) is 3.02. The van der Waals surface area contributed by atoms with Crippen molar-refractivity contribution in [2.75, 3.05) is 24.7 Å². The van der Waals surface area contributed by atoms with E-state index in [1.54, 1.807) is 0 Å². The van der Waals surface area contributed by atoms with Crippen molar-refractivity contribution in [3.05, 3.63) is 23.8 Å². The maximum atomic E-state index is 5.81. The molecule has 0 atom stereocenters. The first-order valence-electron chi connectivity index (χ1n) is 5.95. The minimum absolute atomic E-state index is 0.160. The highest BCUT2D eigenvalue weighted by atomic mass is 16.6. The van der Waals surface area contributed by atoms with Crippen molar-refractivity contribution >= 4 is 11.8 Å². The molecule has 2 heterocycles. The lowest BCUT2D eigenvalue weighted by Crippen LogP contribution is -2.15. The average molecular weight is 258 g/mol. The van der Waals surface area contributed by atoms with E-state index in [0.717, 1.165) is 16.9 Å². The van der Waals surface area contributed by atoms with Crippen LogP contribution in [0.1, 0.15) is 5.56 Å². The number of fused-ring (bicyclic) bond motifs is 1. The summed E-state index contributed by atoms with van der Waals surface area (Å²) in [6.45, 7) is 2.98. The van der Waals surface area contributed by atoms with Crippen LogP contribution in [-0.2, 0) is 0 Å². The Morgan fingerprint density at radius 1 is 1.05 bits per heavy atom. The van der Waals surface area contributed by atoms with E-state index in [0.29, 0.717) is 30.5 Å². The van der Waals surface area contributed by atoms with Gasteiger partial charge in [-0.2, -0.15) is 4.98 Å². The molecule has 98 valence electrons. The highest BCUT2D eigenvalue weighted by Crippen LogP contribution is 2.35. The summed E-state index contributed by atoms with van der Waals surface area (Å²) >= 11 is 0. The molecule has 0 aliphatic carbocycles. The molecule has 1 aromatic heterocycles. The molecule has 4 N–H and O–H groups in total. The smallest absolute Gasteiger partial charge is 0.222 e. The van der Waals surface area contributed by atoms with E-state index >= 15 is 0 Å². The lowest BCUT2D eigenvalue weighted by Gasteiger charge is -2.19. The number of nitrogen functional groups attached to an aromatic ring is 2. The maximum absolute atomic E-state index is 5.81. The van der Waals surface area contributed by atoms with Gasteiger partial charge in [-0.1, -0.05) is 0 Å². The van der Waals surface area contributed by atoms with Gasteiger partial charge >= 0.3 is 0 Å². The van der Waals surface area contributed by atoms with Crippen molar-refractivity contribution in [3.63, 3.8) is 0 Å². The van der Waals surface area contributed by atoms with E-state index in [2.05, 4.69) is 9.97 Å². The zero-order valence-electron chi connectivity index (χ0n) is 10.5. The summed E-state index contributed by atoms with van der Waals surface area (Å²) in [4.78, 5) is 8.18. The number of hydrogen-bond acceptors (Lipinski definition) is 6. The Labute approximate surface area is 110 Å². The van der Waals surface area contributed by atoms with Gasteiger partial charge in [0.1, 0.15) is 19.0 Å². The molecule has 0 radical (unpaired) electrons. The van der Waals surface area contributed by atoms with Crippen molar-refractivity contribution in [2.24, 2.45) is 0 Å². The van der Waals surface area contributed by atoms with Gasteiger partial charge in [-0.15, -0.1) is 0 Å². The maximum Gasteiger partial charge on any atom is 0.222 e. The Bertz CT molecular complexity index is 643. The van der Waals surface area contributed by atoms with Gasteiger partial charge in [-0.25, -0.2) is 4.98 Å². The van der Waals surface area contributed by atoms with E-state index in [9.17, 15) is 0 Å². The van der Waals surface area contributed by atoms with E-state index in [4.69, 9.17) is 20.9 Å². The van der Waals surface area contributed by atoms with Crippen LogP contribution >= 0.6 is 0 Å². The predicted octanol–water partition coefficient (Wildman–Crippen LogP) is 1.39. The van der Waals surface area contributed by atoms with Crippen LogP contribution in [0.2, 0.25) is 0 Å². The second-order valence-electron chi connectivity index (χ2n) is 4.30. The summed E-state index contributed by atoms with van der Waals surface area (Å²) in [7, 11) is 0. The van der Waals surface area contributed by atoms with Crippen molar-refractivity contribution in [2.45, 2.75) is 6.92 Å². The highest BCUT2D eigenvalue weighted by molar-refractivity contribution is 5.71. The van der Waals surface area contributed by atoms with Crippen LogP contribution in [0, 0.1) is 6.92 Å². The third-order valence-electron chi connectivity index (χ3n) is 3.02. The summed E-state index contributed by atoms with van der Waals surface area (Å²) in [6, 6.07) is 5.64. The molecule has 0 fully saturated rings. The molecule has 0 bridgehead atoms. The molecule has 2 aromatic rings. The van der Waals surface area contributed by atoms with Gasteiger partial charge in [-0.3, -0.25) is 0 Å². The monoisotopic (exact) mass is 258 g/mol. The number of hydrogen-bond donors (Lipinski definition) is 2. The molecule has 1 aliphatic rings. The largest absolute Gasteiger partial charge is 0.486 e. The van der Waals surface area contributed by atoms with Crippen LogP contribution in [0.25, 0.3) is 11.3 Å². The number of aromatic nitrogens is 2. The Morgan fingerprint density at radius 3 is 2.58 bits per heavy atom. The number of nitrogens with two attached hydrogens (primary N) is 2. The van der Waals surface area contributed by atoms with Gasteiger partial charge < -0.3 is 20.9 Å². The van der Waals surface area contributed by atoms with Crippen molar-refractivity contribution < 1.29 is 9.47 Å². The molecular formula is C13H14N4O2. The van der Waals surface area contributed by atoms with Crippen molar-refractivity contribution in [1.29, 1.82) is 0 Å². The first-order chi connectivity index (χ1) is 9.15. The quantitative estimate of drug-likeness (QED) is 0.802. The second-order valence-corrected chi connectivity index (χ2v) is 4.30. The highest BCUT2D eigenvalue weighted by Gasteiger charge is 2.15. The molecule has 0 amide bonds. The molecule has 1 aromatic carbocycles. The number of ether oxygens (including phenoxy) is 2. The number of nitrogens with zero attached hydrogens (tertiary/aromatic N) is 2. The van der Waals surface area contributed by atoms with E-state index in [1.807, 2.05) is 25.1 Å². The van der Waals surface area contributed by atoms with E-state index < -0.39 is 0 Å². The number of benzene rings is 1. The summed E-state index contributed by atoms with van der Waals surface area (Å²) in [5.41, 5.74) is 13.8. The van der Waals surface area contributed by atoms with Crippen LogP contribution in [0.3, 0.4) is 0 Å². The van der Waals surface area contributed by atoms with E-state index in [-0.39, 0.29) is 5.95 Å². The summed E-state index contributed by atoms with van der Waals surface area (Å²) in [5, 5.41) is 0. The van der Waals surface area contributed by atoms with Gasteiger partial charge in [0.2, 0.25) is 5.95 Å². The zero-order valence-corrected chi connectivity index (χ0v) is 10.5. The summed E-state index contributed by atoms with van der Waals surface area (Å²) in [5.74, 6) is 1.99. The molecule has 3 rings (SSSR count). The average Bonchev–Trinajstić information content (AvgIpc) is 2.42. The van der Waals surface area contributed by atoms with Gasteiger partial charge in [-0.05, 0) is 25.1 Å². The number of anilines is 2. The van der Waals surface area contributed by atoms with Gasteiger partial charge in [0.05, 0.1) is 5.69 Å². The second kappa shape index (κ2) is 4.31. The standard InChI is InChI=1S/C13H14N4O2/c1-7-11(16-13(15)17-12(7)14)8-2-3-9-10(6-8)19-5-4-18-9/h2-3,6H,4-5H2,1H3,(H4,14,15,16,17). The molecule has 0 saturated carbocycles. The first-order valence-corrected chi connectivity index (χ1v) is 5.95. The van der Waals surface area contributed by atoms with Crippen LogP contribution in [0.15, 0.2) is 18.2 Å². The zero-order chi connectivity index (χ0) is 13.4. The Kier molecular flexibility index (Phi) is 2.63. The Balaban J connectivity index is 2.12. The lowest BCUT2D eigenvalue weighted by atomic mass is 10.1. The molecule has 19 heavy (non-hydrogen) atoms. The molecular weight excluding hydrogens is 244 g/mol. The minimum atomic E-state index is 0.160. The molecule has 6 heteroatoms. The molecule has 1 aliphatic heterocycles. The van der Waals surface area contributed by atoms with Crippen LogP contribution in [0.4, 0.5) is 11.8 Å². The van der Waals surface area contributed by atoms with Crippen molar-refractivity contribution in [3.8, 4) is 22.8 Å².